The molecule has 0 bridgehead atoms. The van der Waals surface area contributed by atoms with Gasteiger partial charge in [-0.1, -0.05) is 13.3 Å². The van der Waals surface area contributed by atoms with Gasteiger partial charge in [0, 0.05) is 6.42 Å². The van der Waals surface area contributed by atoms with Crippen molar-refractivity contribution in [2.75, 3.05) is 23.0 Å². The van der Waals surface area contributed by atoms with E-state index in [2.05, 4.69) is 6.92 Å². The molecule has 0 aromatic heterocycles. The molecule has 0 rings (SSSR count). The molecule has 96 valence electrons. The minimum atomic E-state index is -0.196. The fourth-order valence-corrected chi connectivity index (χ4v) is 3.15. The largest absolute Gasteiger partial charge is 0.281 e. The predicted octanol–water partition coefficient (Wildman–Crippen LogP) is 4.58. The highest BCUT2D eigenvalue weighted by Gasteiger charge is 1.96. The van der Waals surface area contributed by atoms with Gasteiger partial charge < -0.3 is 0 Å². The maximum absolute atomic E-state index is 10.5. The Labute approximate surface area is 113 Å². The third kappa shape index (κ3) is 14.7. The SMILES string of the molecule is CCSCCCCCSCCCCC(=O)Cl. The van der Waals surface area contributed by atoms with Crippen molar-refractivity contribution < 1.29 is 4.79 Å². The molecule has 0 atom stereocenters. The van der Waals surface area contributed by atoms with Crippen molar-refractivity contribution in [1.82, 2.24) is 0 Å². The van der Waals surface area contributed by atoms with Gasteiger partial charge in [0.25, 0.3) is 0 Å². The van der Waals surface area contributed by atoms with Gasteiger partial charge in [0.2, 0.25) is 5.24 Å². The van der Waals surface area contributed by atoms with E-state index >= 15 is 0 Å². The van der Waals surface area contributed by atoms with Crippen LogP contribution >= 0.6 is 35.1 Å². The number of hydrogen-bond donors (Lipinski definition) is 0. The average molecular weight is 283 g/mol. The minimum absolute atomic E-state index is 0.196. The summed E-state index contributed by atoms with van der Waals surface area (Å²) in [5, 5.41) is -0.196. The average Bonchev–Trinajstić information content (AvgIpc) is 2.25. The number of rotatable bonds is 12. The van der Waals surface area contributed by atoms with Gasteiger partial charge in [0.05, 0.1) is 0 Å². The number of hydrogen-bond acceptors (Lipinski definition) is 3. The van der Waals surface area contributed by atoms with Gasteiger partial charge in [-0.15, -0.1) is 0 Å². The summed E-state index contributed by atoms with van der Waals surface area (Å²) in [7, 11) is 0. The zero-order valence-electron chi connectivity index (χ0n) is 10.2. The molecule has 0 amide bonds. The number of thioether (sulfide) groups is 2. The molecule has 16 heavy (non-hydrogen) atoms. The van der Waals surface area contributed by atoms with Gasteiger partial charge in [-0.3, -0.25) is 4.79 Å². The van der Waals surface area contributed by atoms with Crippen LogP contribution in [-0.4, -0.2) is 28.3 Å². The molecular weight excluding hydrogens is 260 g/mol. The van der Waals surface area contributed by atoms with Crippen LogP contribution in [0.25, 0.3) is 0 Å². The minimum Gasteiger partial charge on any atom is -0.281 e. The van der Waals surface area contributed by atoms with Gasteiger partial charge in [0.1, 0.15) is 0 Å². The Morgan fingerprint density at radius 2 is 1.50 bits per heavy atom. The van der Waals surface area contributed by atoms with E-state index in [1.807, 2.05) is 23.5 Å². The zero-order valence-corrected chi connectivity index (χ0v) is 12.6. The molecule has 0 fully saturated rings. The normalized spacial score (nSPS) is 10.6. The molecule has 0 saturated heterocycles. The Hall–Kier alpha value is 0.660. The molecule has 0 heterocycles. The molecule has 0 aromatic carbocycles. The molecule has 0 aromatic rings. The lowest BCUT2D eigenvalue weighted by molar-refractivity contribution is -0.111. The molecule has 0 aliphatic rings. The van der Waals surface area contributed by atoms with E-state index < -0.39 is 0 Å². The smallest absolute Gasteiger partial charge is 0.221 e. The number of unbranched alkanes of at least 4 members (excludes halogenated alkanes) is 3. The van der Waals surface area contributed by atoms with Gasteiger partial charge in [0.15, 0.2) is 0 Å². The summed E-state index contributed by atoms with van der Waals surface area (Å²) in [5.74, 6) is 5.01. The summed E-state index contributed by atoms with van der Waals surface area (Å²) in [6.45, 7) is 2.21. The van der Waals surface area contributed by atoms with E-state index in [1.54, 1.807) is 0 Å². The highest BCUT2D eigenvalue weighted by atomic mass is 35.5. The number of carbonyl (C=O) groups is 1. The van der Waals surface area contributed by atoms with Crippen LogP contribution in [0.2, 0.25) is 0 Å². The second-order valence-electron chi connectivity index (χ2n) is 3.68. The maximum Gasteiger partial charge on any atom is 0.221 e. The van der Waals surface area contributed by atoms with Crippen LogP contribution in [0.3, 0.4) is 0 Å². The van der Waals surface area contributed by atoms with Crippen LogP contribution in [0.4, 0.5) is 0 Å². The van der Waals surface area contributed by atoms with Crippen LogP contribution in [0, 0.1) is 0 Å². The third-order valence-corrected chi connectivity index (χ3v) is 4.52. The topological polar surface area (TPSA) is 17.1 Å². The molecule has 1 nitrogen and oxygen atoms in total. The first-order valence-corrected chi connectivity index (χ1v) is 8.80. The molecular formula is C12H23ClOS2. The van der Waals surface area contributed by atoms with E-state index in [0.717, 1.165) is 12.8 Å². The van der Waals surface area contributed by atoms with Crippen LogP contribution in [0.1, 0.15) is 45.4 Å². The molecule has 0 radical (unpaired) electrons. The molecule has 0 spiro atoms. The lowest BCUT2D eigenvalue weighted by atomic mass is 10.3. The molecule has 0 saturated carbocycles. The summed E-state index contributed by atoms with van der Waals surface area (Å²) in [6, 6.07) is 0. The quantitative estimate of drug-likeness (QED) is 0.385. The fourth-order valence-electron chi connectivity index (χ4n) is 1.30. The first-order valence-electron chi connectivity index (χ1n) is 6.11. The summed E-state index contributed by atoms with van der Waals surface area (Å²) in [5.41, 5.74) is 0. The van der Waals surface area contributed by atoms with Crippen LogP contribution in [0.15, 0.2) is 0 Å². The third-order valence-electron chi connectivity index (χ3n) is 2.19. The van der Waals surface area contributed by atoms with Crippen molar-refractivity contribution in [3.8, 4) is 0 Å². The van der Waals surface area contributed by atoms with E-state index in [-0.39, 0.29) is 5.24 Å². The van der Waals surface area contributed by atoms with Crippen LogP contribution in [0.5, 0.6) is 0 Å². The summed E-state index contributed by atoms with van der Waals surface area (Å²) in [6.07, 6.45) is 6.66. The molecule has 0 N–H and O–H groups in total. The van der Waals surface area contributed by atoms with E-state index in [0.29, 0.717) is 6.42 Å². The molecule has 4 heteroatoms. The predicted molar refractivity (Wildman–Crippen MR) is 78.9 cm³/mol. The maximum atomic E-state index is 10.5. The Bertz CT molecular complexity index is 165. The van der Waals surface area contributed by atoms with Crippen molar-refractivity contribution in [2.45, 2.75) is 45.4 Å². The fraction of sp³-hybridized carbons (Fsp3) is 0.917. The highest BCUT2D eigenvalue weighted by molar-refractivity contribution is 7.99. The van der Waals surface area contributed by atoms with Crippen molar-refractivity contribution in [1.29, 1.82) is 0 Å². The highest BCUT2D eigenvalue weighted by Crippen LogP contribution is 2.12. The van der Waals surface area contributed by atoms with Crippen molar-refractivity contribution >= 4 is 40.4 Å². The van der Waals surface area contributed by atoms with Crippen molar-refractivity contribution in [3.63, 3.8) is 0 Å². The summed E-state index contributed by atoms with van der Waals surface area (Å²) >= 11 is 9.30. The van der Waals surface area contributed by atoms with Gasteiger partial charge in [-0.25, -0.2) is 0 Å². The van der Waals surface area contributed by atoms with Crippen LogP contribution < -0.4 is 0 Å². The molecule has 0 aliphatic heterocycles. The second kappa shape index (κ2) is 13.7. The number of carbonyl (C=O) groups excluding carboxylic acids is 1. The Morgan fingerprint density at radius 1 is 0.938 bits per heavy atom. The monoisotopic (exact) mass is 282 g/mol. The van der Waals surface area contributed by atoms with Gasteiger partial charge in [-0.2, -0.15) is 23.5 Å². The van der Waals surface area contributed by atoms with Gasteiger partial charge in [-0.05, 0) is 60.3 Å². The lowest BCUT2D eigenvalue weighted by Crippen LogP contribution is -1.89. The lowest BCUT2D eigenvalue weighted by Gasteiger charge is -2.01. The standard InChI is InChI=1S/C12H23ClOS2/c1-2-15-9-5-3-6-10-16-11-7-4-8-12(13)14/h2-11H2,1H3. The van der Waals surface area contributed by atoms with E-state index in [4.69, 9.17) is 11.6 Å². The Kier molecular flexibility index (Phi) is 14.3. The van der Waals surface area contributed by atoms with E-state index in [1.165, 1.54) is 42.3 Å². The first kappa shape index (κ1) is 16.7. The Balaban J connectivity index is 2.90. The second-order valence-corrected chi connectivity index (χ2v) is 6.72. The molecule has 0 aliphatic carbocycles. The van der Waals surface area contributed by atoms with Gasteiger partial charge >= 0.3 is 0 Å². The number of halogens is 1. The Morgan fingerprint density at radius 3 is 2.06 bits per heavy atom. The van der Waals surface area contributed by atoms with Crippen molar-refractivity contribution in [2.24, 2.45) is 0 Å². The van der Waals surface area contributed by atoms with Crippen LogP contribution in [-0.2, 0) is 4.79 Å². The zero-order chi connectivity index (χ0) is 12.1. The van der Waals surface area contributed by atoms with Crippen molar-refractivity contribution in [3.05, 3.63) is 0 Å². The summed E-state index contributed by atoms with van der Waals surface area (Å²) < 4.78 is 0. The first-order chi connectivity index (χ1) is 7.77. The van der Waals surface area contributed by atoms with E-state index in [9.17, 15) is 4.79 Å². The molecule has 0 unspecified atom stereocenters. The summed E-state index contributed by atoms with van der Waals surface area (Å²) in [4.78, 5) is 10.5.